The quantitative estimate of drug-likeness (QED) is 0.513. The summed E-state index contributed by atoms with van der Waals surface area (Å²) in [6.45, 7) is 1.96. The highest BCUT2D eigenvalue weighted by atomic mass is 19.1. The molecule has 0 aliphatic rings. The second-order valence-corrected chi connectivity index (χ2v) is 5.23. The van der Waals surface area contributed by atoms with Gasteiger partial charge in [-0.15, -0.1) is 0 Å². The summed E-state index contributed by atoms with van der Waals surface area (Å²) in [7, 11) is 0. The first-order chi connectivity index (χ1) is 10.6. The molecule has 0 atom stereocenters. The van der Waals surface area contributed by atoms with E-state index in [2.05, 4.69) is 4.98 Å². The number of aromatic nitrogens is 1. The van der Waals surface area contributed by atoms with Crippen molar-refractivity contribution in [2.24, 2.45) is 0 Å². The standard InChI is InChI=1S/C17H15FN2O2/c1-10-14(8-11-2-5-13(18)6-3-11)15-9-12(17(21)20-22)4-7-16(15)19-10/h2-7,9,19,22H,8H2,1H3,(H,20,21). The normalized spacial score (nSPS) is 10.9. The van der Waals surface area contributed by atoms with Gasteiger partial charge in [0.1, 0.15) is 5.82 Å². The maximum absolute atomic E-state index is 13.0. The molecule has 1 amide bonds. The maximum atomic E-state index is 13.0. The van der Waals surface area contributed by atoms with E-state index in [1.54, 1.807) is 35.8 Å². The average molecular weight is 298 g/mol. The van der Waals surface area contributed by atoms with E-state index in [1.165, 1.54) is 12.1 Å². The number of fused-ring (bicyclic) bond motifs is 1. The number of carbonyl (C=O) groups is 1. The van der Waals surface area contributed by atoms with Crippen molar-refractivity contribution in [3.8, 4) is 0 Å². The molecule has 4 nitrogen and oxygen atoms in total. The van der Waals surface area contributed by atoms with Gasteiger partial charge < -0.3 is 4.98 Å². The van der Waals surface area contributed by atoms with Gasteiger partial charge in [0.05, 0.1) is 0 Å². The van der Waals surface area contributed by atoms with Gasteiger partial charge in [0.2, 0.25) is 0 Å². The molecule has 0 spiro atoms. The maximum Gasteiger partial charge on any atom is 0.274 e. The van der Waals surface area contributed by atoms with Crippen molar-refractivity contribution in [3.63, 3.8) is 0 Å². The molecule has 3 N–H and O–H groups in total. The Morgan fingerprint density at radius 2 is 1.95 bits per heavy atom. The zero-order valence-corrected chi connectivity index (χ0v) is 12.0. The van der Waals surface area contributed by atoms with Crippen LogP contribution in [0.2, 0.25) is 0 Å². The van der Waals surface area contributed by atoms with Gasteiger partial charge in [-0.1, -0.05) is 12.1 Å². The van der Waals surface area contributed by atoms with Crippen molar-refractivity contribution in [3.05, 3.63) is 70.7 Å². The van der Waals surface area contributed by atoms with Crippen molar-refractivity contribution in [1.29, 1.82) is 0 Å². The lowest BCUT2D eigenvalue weighted by Crippen LogP contribution is -2.18. The molecular weight excluding hydrogens is 283 g/mol. The highest BCUT2D eigenvalue weighted by molar-refractivity contribution is 5.98. The number of halogens is 1. The van der Waals surface area contributed by atoms with Crippen LogP contribution >= 0.6 is 0 Å². The Morgan fingerprint density at radius 3 is 2.64 bits per heavy atom. The first kappa shape index (κ1) is 14.3. The van der Waals surface area contributed by atoms with Crippen LogP contribution in [0.4, 0.5) is 4.39 Å². The Morgan fingerprint density at radius 1 is 1.23 bits per heavy atom. The summed E-state index contributed by atoms with van der Waals surface area (Å²) >= 11 is 0. The number of hydrogen-bond acceptors (Lipinski definition) is 2. The fourth-order valence-corrected chi connectivity index (χ4v) is 2.62. The lowest BCUT2D eigenvalue weighted by atomic mass is 10.0. The molecule has 0 fully saturated rings. The molecule has 0 aliphatic heterocycles. The fourth-order valence-electron chi connectivity index (χ4n) is 2.62. The molecule has 3 rings (SSSR count). The molecule has 22 heavy (non-hydrogen) atoms. The van der Waals surface area contributed by atoms with Gasteiger partial charge in [-0.2, -0.15) is 0 Å². The number of nitrogens with one attached hydrogen (secondary N) is 2. The number of carbonyl (C=O) groups excluding carboxylic acids is 1. The van der Waals surface area contributed by atoms with Crippen LogP contribution in [0.5, 0.6) is 0 Å². The third-order valence-corrected chi connectivity index (χ3v) is 3.78. The molecule has 112 valence electrons. The SMILES string of the molecule is Cc1[nH]c2ccc(C(=O)NO)cc2c1Cc1ccc(F)cc1. The van der Waals surface area contributed by atoms with E-state index in [1.807, 2.05) is 6.92 Å². The Labute approximate surface area is 126 Å². The summed E-state index contributed by atoms with van der Waals surface area (Å²) in [5.41, 5.74) is 5.98. The molecule has 5 heteroatoms. The van der Waals surface area contributed by atoms with Crippen molar-refractivity contribution >= 4 is 16.8 Å². The lowest BCUT2D eigenvalue weighted by Gasteiger charge is -2.04. The predicted octanol–water partition coefficient (Wildman–Crippen LogP) is 3.33. The largest absolute Gasteiger partial charge is 0.358 e. The highest BCUT2D eigenvalue weighted by Gasteiger charge is 2.12. The van der Waals surface area contributed by atoms with Crippen LogP contribution in [0.1, 0.15) is 27.2 Å². The van der Waals surface area contributed by atoms with Crippen molar-refractivity contribution in [1.82, 2.24) is 10.5 Å². The van der Waals surface area contributed by atoms with Crippen LogP contribution in [-0.2, 0) is 6.42 Å². The van der Waals surface area contributed by atoms with Crippen LogP contribution in [-0.4, -0.2) is 16.1 Å². The number of hydrogen-bond donors (Lipinski definition) is 3. The summed E-state index contributed by atoms with van der Waals surface area (Å²) in [4.78, 5) is 14.8. The molecule has 3 aromatic rings. The minimum Gasteiger partial charge on any atom is -0.358 e. The molecule has 0 aliphatic carbocycles. The second-order valence-electron chi connectivity index (χ2n) is 5.23. The van der Waals surface area contributed by atoms with Gasteiger partial charge in [-0.3, -0.25) is 10.0 Å². The predicted molar refractivity (Wildman–Crippen MR) is 81.5 cm³/mol. The number of aryl methyl sites for hydroxylation is 1. The van der Waals surface area contributed by atoms with Crippen LogP contribution in [0, 0.1) is 12.7 Å². The summed E-state index contributed by atoms with van der Waals surface area (Å²) in [5, 5.41) is 9.67. The van der Waals surface area contributed by atoms with E-state index in [4.69, 9.17) is 5.21 Å². The van der Waals surface area contributed by atoms with Gasteiger partial charge in [-0.25, -0.2) is 9.87 Å². The van der Waals surface area contributed by atoms with E-state index in [0.717, 1.165) is 27.7 Å². The van der Waals surface area contributed by atoms with Crippen molar-refractivity contribution < 1.29 is 14.4 Å². The molecule has 0 unspecified atom stereocenters. The van der Waals surface area contributed by atoms with Crippen LogP contribution < -0.4 is 5.48 Å². The van der Waals surface area contributed by atoms with Gasteiger partial charge in [-0.05, 0) is 54.8 Å². The molecule has 0 saturated carbocycles. The van der Waals surface area contributed by atoms with Gasteiger partial charge in [0.15, 0.2) is 0 Å². The zero-order chi connectivity index (χ0) is 15.7. The fraction of sp³-hybridized carbons (Fsp3) is 0.118. The Balaban J connectivity index is 2.05. The van der Waals surface area contributed by atoms with E-state index in [0.29, 0.717) is 12.0 Å². The summed E-state index contributed by atoms with van der Waals surface area (Å²) < 4.78 is 13.0. The third-order valence-electron chi connectivity index (χ3n) is 3.78. The number of benzene rings is 2. The Hall–Kier alpha value is -2.66. The smallest absolute Gasteiger partial charge is 0.274 e. The van der Waals surface area contributed by atoms with E-state index >= 15 is 0 Å². The molecule has 1 heterocycles. The first-order valence-electron chi connectivity index (χ1n) is 6.88. The number of rotatable bonds is 3. The zero-order valence-electron chi connectivity index (χ0n) is 12.0. The van der Waals surface area contributed by atoms with Crippen LogP contribution in [0.25, 0.3) is 10.9 Å². The number of aromatic amines is 1. The number of H-pyrrole nitrogens is 1. The molecular formula is C17H15FN2O2. The topological polar surface area (TPSA) is 65.1 Å². The van der Waals surface area contributed by atoms with Gasteiger partial charge in [0.25, 0.3) is 5.91 Å². The minimum absolute atomic E-state index is 0.263. The van der Waals surface area contributed by atoms with Gasteiger partial charge in [0, 0.05) is 22.2 Å². The van der Waals surface area contributed by atoms with Crippen LogP contribution in [0.3, 0.4) is 0 Å². The lowest BCUT2D eigenvalue weighted by molar-refractivity contribution is 0.0706. The Bertz CT molecular complexity index is 838. The number of hydroxylamine groups is 1. The van der Waals surface area contributed by atoms with Crippen molar-refractivity contribution in [2.45, 2.75) is 13.3 Å². The summed E-state index contributed by atoms with van der Waals surface area (Å²) in [6, 6.07) is 11.6. The molecule has 0 bridgehead atoms. The second kappa shape index (κ2) is 5.61. The average Bonchev–Trinajstić information content (AvgIpc) is 2.84. The van der Waals surface area contributed by atoms with E-state index < -0.39 is 5.91 Å². The van der Waals surface area contributed by atoms with Crippen LogP contribution in [0.15, 0.2) is 42.5 Å². The highest BCUT2D eigenvalue weighted by Crippen LogP contribution is 2.26. The van der Waals surface area contributed by atoms with Gasteiger partial charge >= 0.3 is 0 Å². The van der Waals surface area contributed by atoms with E-state index in [-0.39, 0.29) is 5.82 Å². The first-order valence-corrected chi connectivity index (χ1v) is 6.88. The van der Waals surface area contributed by atoms with Crippen molar-refractivity contribution in [2.75, 3.05) is 0 Å². The molecule has 0 saturated heterocycles. The molecule has 1 aromatic heterocycles. The third kappa shape index (κ3) is 2.58. The minimum atomic E-state index is -0.548. The number of amides is 1. The Kier molecular flexibility index (Phi) is 3.65. The monoisotopic (exact) mass is 298 g/mol. The summed E-state index contributed by atoms with van der Waals surface area (Å²) in [5.74, 6) is -0.810. The van der Waals surface area contributed by atoms with E-state index in [9.17, 15) is 9.18 Å². The molecule has 0 radical (unpaired) electrons. The summed E-state index contributed by atoms with van der Waals surface area (Å²) in [6.07, 6.45) is 0.635. The molecule has 2 aromatic carbocycles.